The fraction of sp³-hybridized carbons (Fsp3) is 0.250. The first-order chi connectivity index (χ1) is 18.3. The first-order valence-electron chi connectivity index (χ1n) is 12.0. The van der Waals surface area contributed by atoms with Gasteiger partial charge in [-0.2, -0.15) is 0 Å². The summed E-state index contributed by atoms with van der Waals surface area (Å²) in [7, 11) is 1.26. The molecule has 6 nitrogen and oxygen atoms in total. The zero-order valence-corrected chi connectivity index (χ0v) is 23.9. The van der Waals surface area contributed by atoms with E-state index in [-0.39, 0.29) is 5.29 Å². The van der Waals surface area contributed by atoms with Gasteiger partial charge in [-0.05, 0) is 22.8 Å². The van der Waals surface area contributed by atoms with Crippen LogP contribution in [0.3, 0.4) is 0 Å². The summed E-state index contributed by atoms with van der Waals surface area (Å²) in [6, 6.07) is 28.6. The molecular weight excluding hydrogens is 566 g/mol. The van der Waals surface area contributed by atoms with Crippen LogP contribution in [0, 0.1) is 0 Å². The normalized spacial score (nSPS) is 15.4. The molecule has 0 bridgehead atoms. The van der Waals surface area contributed by atoms with Crippen molar-refractivity contribution in [2.75, 3.05) is 33.4 Å². The van der Waals surface area contributed by atoms with Gasteiger partial charge in [-0.3, -0.25) is 9.69 Å². The fourth-order valence-corrected chi connectivity index (χ4v) is 9.52. The molecular formula is C28H28Cl3N2O4P. The molecule has 1 fully saturated rings. The number of halogens is 3. The maximum atomic E-state index is 14.4. The van der Waals surface area contributed by atoms with E-state index >= 15 is 0 Å². The average Bonchev–Trinajstić information content (AvgIpc) is 2.95. The molecule has 38 heavy (non-hydrogen) atoms. The summed E-state index contributed by atoms with van der Waals surface area (Å²) in [5.74, 6) is -1.41. The van der Waals surface area contributed by atoms with Gasteiger partial charge in [-0.25, -0.2) is 4.79 Å². The number of nitrogens with one attached hydrogen (secondary N) is 1. The van der Waals surface area contributed by atoms with E-state index < -0.39 is 28.7 Å². The molecule has 1 unspecified atom stereocenters. The van der Waals surface area contributed by atoms with Crippen LogP contribution < -0.4 is 21.2 Å². The van der Waals surface area contributed by atoms with Crippen molar-refractivity contribution in [3.63, 3.8) is 0 Å². The van der Waals surface area contributed by atoms with Crippen LogP contribution in [0.1, 0.15) is 0 Å². The SMILES string of the molecule is COC(=O)C(C(=O)NC(N1CCOCC1)C(Cl)(Cl)Cl)=P(c1ccccc1)(c1ccccc1)c1ccccc1. The maximum Gasteiger partial charge on any atom is 0.344 e. The second-order valence-corrected chi connectivity index (χ2v) is 14.3. The third kappa shape index (κ3) is 5.96. The van der Waals surface area contributed by atoms with E-state index in [1.54, 1.807) is 0 Å². The Balaban J connectivity index is 2.06. The fourth-order valence-electron chi connectivity index (χ4n) is 4.68. The van der Waals surface area contributed by atoms with Gasteiger partial charge in [-0.1, -0.05) is 126 Å². The third-order valence-corrected chi connectivity index (χ3v) is 11.2. The Morgan fingerprint density at radius 2 is 1.26 bits per heavy atom. The number of alkyl halides is 3. The number of esters is 1. The molecule has 0 saturated carbocycles. The lowest BCUT2D eigenvalue weighted by molar-refractivity contribution is -0.133. The van der Waals surface area contributed by atoms with Crippen molar-refractivity contribution in [1.82, 2.24) is 10.2 Å². The minimum atomic E-state index is -3.08. The molecule has 10 heteroatoms. The van der Waals surface area contributed by atoms with Crippen LogP contribution in [-0.4, -0.2) is 65.4 Å². The van der Waals surface area contributed by atoms with E-state index in [2.05, 4.69) is 5.32 Å². The molecule has 1 saturated heterocycles. The number of carbonyl (C=O) groups is 2. The number of morpholine rings is 1. The second kappa shape index (κ2) is 12.7. The number of methoxy groups -OCH3 is 1. The summed E-state index contributed by atoms with van der Waals surface area (Å²) in [5.41, 5.74) is 0. The lowest BCUT2D eigenvalue weighted by Gasteiger charge is -2.39. The zero-order valence-electron chi connectivity index (χ0n) is 20.7. The summed E-state index contributed by atoms with van der Waals surface area (Å²) in [6.45, 7) is -1.34. The molecule has 1 aliphatic heterocycles. The number of hydrogen-bond donors (Lipinski definition) is 1. The quantitative estimate of drug-likeness (QED) is 0.197. The monoisotopic (exact) mass is 592 g/mol. The summed E-state index contributed by atoms with van der Waals surface area (Å²) in [6.07, 6.45) is -1.01. The molecule has 1 N–H and O–H groups in total. The maximum absolute atomic E-state index is 14.4. The van der Waals surface area contributed by atoms with Gasteiger partial charge >= 0.3 is 5.97 Å². The highest BCUT2D eigenvalue weighted by Crippen LogP contribution is 2.46. The van der Waals surface area contributed by atoms with Crippen LogP contribution in [0.15, 0.2) is 91.0 Å². The van der Waals surface area contributed by atoms with E-state index in [9.17, 15) is 9.59 Å². The predicted molar refractivity (Wildman–Crippen MR) is 157 cm³/mol. The van der Waals surface area contributed by atoms with Gasteiger partial charge in [0.2, 0.25) is 3.79 Å². The van der Waals surface area contributed by atoms with Gasteiger partial charge in [-0.15, -0.1) is 0 Å². The predicted octanol–water partition coefficient (Wildman–Crippen LogP) is 3.47. The zero-order chi connectivity index (χ0) is 27.2. The minimum Gasteiger partial charge on any atom is -0.465 e. The Morgan fingerprint density at radius 1 is 0.842 bits per heavy atom. The first kappa shape index (κ1) is 28.7. The summed E-state index contributed by atoms with van der Waals surface area (Å²) in [5, 5.41) is 5.27. The standard InChI is InChI=1S/C28H28Cl3N2O4P/c1-36-26(35)24(25(34)32-27(28(29,30)31)33-17-19-37-20-18-33)38(21-11-5-2-6-12-21,22-13-7-3-8-14-22)23-15-9-4-10-16-23/h2-16,27H,17-20H2,1H3,(H,32,34). The van der Waals surface area contributed by atoms with Crippen molar-refractivity contribution in [3.8, 4) is 0 Å². The van der Waals surface area contributed by atoms with Gasteiger partial charge < -0.3 is 14.8 Å². The Morgan fingerprint density at radius 3 is 1.63 bits per heavy atom. The van der Waals surface area contributed by atoms with E-state index in [4.69, 9.17) is 44.3 Å². The molecule has 3 aromatic carbocycles. The molecule has 0 aliphatic carbocycles. The van der Waals surface area contributed by atoms with Gasteiger partial charge in [0.1, 0.15) is 11.5 Å². The topological polar surface area (TPSA) is 67.9 Å². The van der Waals surface area contributed by atoms with E-state index in [1.165, 1.54) is 7.11 Å². The van der Waals surface area contributed by atoms with Gasteiger partial charge in [0, 0.05) is 13.1 Å². The molecule has 4 rings (SSSR count). The van der Waals surface area contributed by atoms with Crippen molar-refractivity contribution in [2.45, 2.75) is 9.96 Å². The average molecular weight is 594 g/mol. The van der Waals surface area contributed by atoms with E-state index in [1.807, 2.05) is 95.9 Å². The number of benzene rings is 3. The number of rotatable bonds is 7. The van der Waals surface area contributed by atoms with Crippen molar-refractivity contribution < 1.29 is 19.1 Å². The van der Waals surface area contributed by atoms with E-state index in [0.29, 0.717) is 26.3 Å². The molecule has 1 amide bonds. The van der Waals surface area contributed by atoms with Gasteiger partial charge in [0.25, 0.3) is 5.91 Å². The van der Waals surface area contributed by atoms with Crippen molar-refractivity contribution >= 4 is 74.8 Å². The lowest BCUT2D eigenvalue weighted by atomic mass is 10.3. The Bertz CT molecular complexity index is 1190. The van der Waals surface area contributed by atoms with Gasteiger partial charge in [0.15, 0.2) is 0 Å². The van der Waals surface area contributed by atoms with Crippen LogP contribution >= 0.6 is 41.7 Å². The highest BCUT2D eigenvalue weighted by atomic mass is 35.6. The third-order valence-electron chi connectivity index (χ3n) is 6.35. The van der Waals surface area contributed by atoms with Gasteiger partial charge in [0.05, 0.1) is 20.3 Å². The molecule has 0 aromatic heterocycles. The lowest BCUT2D eigenvalue weighted by Crippen LogP contribution is -2.60. The smallest absolute Gasteiger partial charge is 0.344 e. The first-order valence-corrected chi connectivity index (χ1v) is 14.9. The number of ether oxygens (including phenoxy) is 2. The van der Waals surface area contributed by atoms with Crippen molar-refractivity contribution in [3.05, 3.63) is 91.0 Å². The Labute approximate surface area is 237 Å². The highest BCUT2D eigenvalue weighted by Gasteiger charge is 2.43. The Kier molecular flexibility index (Phi) is 9.59. The molecule has 1 aliphatic rings. The Hall–Kier alpha value is -2.31. The van der Waals surface area contributed by atoms with Crippen molar-refractivity contribution in [1.29, 1.82) is 0 Å². The number of amides is 1. The molecule has 0 radical (unpaired) electrons. The van der Waals surface area contributed by atoms with Crippen LogP contribution in [-0.2, 0) is 19.1 Å². The summed E-state index contributed by atoms with van der Waals surface area (Å²) in [4.78, 5) is 29.9. The largest absolute Gasteiger partial charge is 0.465 e. The van der Waals surface area contributed by atoms with Crippen molar-refractivity contribution in [2.24, 2.45) is 0 Å². The molecule has 1 heterocycles. The van der Waals surface area contributed by atoms with Crippen LogP contribution in [0.25, 0.3) is 0 Å². The van der Waals surface area contributed by atoms with Crippen LogP contribution in [0.2, 0.25) is 0 Å². The molecule has 1 atom stereocenters. The summed E-state index contributed by atoms with van der Waals surface area (Å²) >= 11 is 19.1. The number of hydrogen-bond acceptors (Lipinski definition) is 5. The highest BCUT2D eigenvalue weighted by molar-refractivity contribution is 7.97. The summed E-state index contributed by atoms with van der Waals surface area (Å²) < 4.78 is 8.84. The molecule has 0 spiro atoms. The second-order valence-electron chi connectivity index (χ2n) is 8.58. The van der Waals surface area contributed by atoms with Crippen LogP contribution in [0.4, 0.5) is 0 Å². The number of nitrogens with zero attached hydrogens (tertiary/aromatic N) is 1. The van der Waals surface area contributed by atoms with Crippen LogP contribution in [0.5, 0.6) is 0 Å². The molecule has 3 aromatic rings. The van der Waals surface area contributed by atoms with E-state index in [0.717, 1.165) is 15.9 Å². The molecule has 200 valence electrons. The minimum absolute atomic E-state index is 0.0453. The number of carbonyl (C=O) groups excluding carboxylic acids is 2.